The van der Waals surface area contributed by atoms with Gasteiger partial charge in [-0.1, -0.05) is 43.2 Å². The van der Waals surface area contributed by atoms with Gasteiger partial charge in [-0.15, -0.1) is 24.0 Å². The van der Waals surface area contributed by atoms with Gasteiger partial charge in [-0.05, 0) is 32.3 Å². The maximum atomic E-state index is 10.2. The minimum Gasteiger partial charge on any atom is -0.386 e. The number of ether oxygens (including phenoxy) is 1. The van der Waals surface area contributed by atoms with Gasteiger partial charge in [0.1, 0.15) is 0 Å². The number of benzene rings is 1. The maximum absolute atomic E-state index is 10.2. The van der Waals surface area contributed by atoms with E-state index in [0.717, 1.165) is 50.7 Å². The summed E-state index contributed by atoms with van der Waals surface area (Å²) in [4.78, 5) is 4.46. The zero-order valence-corrected chi connectivity index (χ0v) is 18.1. The van der Waals surface area contributed by atoms with Crippen LogP contribution in [0.4, 0.5) is 0 Å². The van der Waals surface area contributed by atoms with Crippen molar-refractivity contribution in [2.75, 3.05) is 32.8 Å². The van der Waals surface area contributed by atoms with Crippen molar-refractivity contribution in [3.8, 4) is 0 Å². The van der Waals surface area contributed by atoms with Gasteiger partial charge in [0.15, 0.2) is 5.96 Å². The van der Waals surface area contributed by atoms with Crippen molar-refractivity contribution < 1.29 is 9.84 Å². The molecule has 0 radical (unpaired) electrons. The molecule has 5 nitrogen and oxygen atoms in total. The molecule has 0 amide bonds. The van der Waals surface area contributed by atoms with Crippen molar-refractivity contribution >= 4 is 29.9 Å². The average Bonchev–Trinajstić information content (AvgIpc) is 2.59. The number of aryl methyl sites for hydroxylation is 1. The molecule has 6 heteroatoms. The molecule has 25 heavy (non-hydrogen) atoms. The van der Waals surface area contributed by atoms with E-state index < -0.39 is 6.10 Å². The van der Waals surface area contributed by atoms with Crippen LogP contribution in [0.5, 0.6) is 0 Å². The Morgan fingerprint density at radius 3 is 2.44 bits per heavy atom. The Labute approximate surface area is 169 Å². The van der Waals surface area contributed by atoms with Gasteiger partial charge in [0.05, 0.1) is 12.6 Å². The third kappa shape index (κ3) is 11.4. The van der Waals surface area contributed by atoms with Crippen LogP contribution in [0.25, 0.3) is 0 Å². The summed E-state index contributed by atoms with van der Waals surface area (Å²) < 4.78 is 5.54. The molecule has 0 aliphatic carbocycles. The minimum atomic E-state index is -0.585. The van der Waals surface area contributed by atoms with Crippen molar-refractivity contribution in [3.63, 3.8) is 0 Å². The largest absolute Gasteiger partial charge is 0.386 e. The van der Waals surface area contributed by atoms with E-state index in [-0.39, 0.29) is 24.0 Å². The molecule has 0 saturated heterocycles. The van der Waals surface area contributed by atoms with Gasteiger partial charge in [0, 0.05) is 26.3 Å². The van der Waals surface area contributed by atoms with Gasteiger partial charge in [0.25, 0.3) is 0 Å². The molecule has 0 spiro atoms. The third-order valence-electron chi connectivity index (χ3n) is 3.63. The number of rotatable bonds is 11. The minimum absolute atomic E-state index is 0. The number of nitrogens with zero attached hydrogens (tertiary/aromatic N) is 1. The highest BCUT2D eigenvalue weighted by atomic mass is 127. The van der Waals surface area contributed by atoms with E-state index in [4.69, 9.17) is 4.74 Å². The number of unbranched alkanes of at least 4 members (excludes halogenated alkanes) is 1. The van der Waals surface area contributed by atoms with Gasteiger partial charge in [-0.2, -0.15) is 0 Å². The van der Waals surface area contributed by atoms with Crippen molar-refractivity contribution in [1.29, 1.82) is 0 Å². The summed E-state index contributed by atoms with van der Waals surface area (Å²) in [5.41, 5.74) is 2.08. The standard InChI is InChI=1S/C19H33N3O2.HI/c1-4-6-13-24-14-7-12-21-19(20-5-2)22-15-18(23)17-10-8-16(3)9-11-17;/h8-11,18,23H,4-7,12-15H2,1-3H3,(H2,20,21,22);1H. The smallest absolute Gasteiger partial charge is 0.191 e. The molecule has 1 aromatic rings. The van der Waals surface area contributed by atoms with Crippen LogP contribution in [0.3, 0.4) is 0 Å². The third-order valence-corrected chi connectivity index (χ3v) is 3.63. The van der Waals surface area contributed by atoms with Crippen LogP contribution in [0.2, 0.25) is 0 Å². The first-order chi connectivity index (χ1) is 11.7. The number of hydrogen-bond donors (Lipinski definition) is 3. The van der Waals surface area contributed by atoms with Crippen molar-refractivity contribution in [3.05, 3.63) is 35.4 Å². The lowest BCUT2D eigenvalue weighted by atomic mass is 10.1. The van der Waals surface area contributed by atoms with Crippen LogP contribution < -0.4 is 10.6 Å². The molecule has 0 aliphatic rings. The fraction of sp³-hybridized carbons (Fsp3) is 0.632. The molecule has 0 aromatic heterocycles. The van der Waals surface area contributed by atoms with Gasteiger partial charge in [0.2, 0.25) is 0 Å². The second-order valence-corrected chi connectivity index (χ2v) is 5.89. The van der Waals surface area contributed by atoms with Crippen LogP contribution in [0, 0.1) is 6.92 Å². The highest BCUT2D eigenvalue weighted by Gasteiger charge is 2.07. The topological polar surface area (TPSA) is 65.9 Å². The number of aliphatic imine (C=N–C) groups is 1. The summed E-state index contributed by atoms with van der Waals surface area (Å²) in [5, 5.41) is 16.7. The Kier molecular flexibility index (Phi) is 14.9. The summed E-state index contributed by atoms with van der Waals surface area (Å²) in [5.74, 6) is 0.734. The molecule has 0 aliphatic heterocycles. The van der Waals surface area contributed by atoms with E-state index >= 15 is 0 Å². The summed E-state index contributed by atoms with van der Waals surface area (Å²) >= 11 is 0. The Morgan fingerprint density at radius 2 is 1.80 bits per heavy atom. The van der Waals surface area contributed by atoms with E-state index in [2.05, 4.69) is 22.5 Å². The normalized spacial score (nSPS) is 12.4. The second kappa shape index (κ2) is 15.4. The SMILES string of the molecule is CCCCOCCCNC(=NCC(O)c1ccc(C)cc1)NCC.I. The van der Waals surface area contributed by atoms with Gasteiger partial charge in [-0.25, -0.2) is 0 Å². The van der Waals surface area contributed by atoms with Crippen molar-refractivity contribution in [2.45, 2.75) is 46.1 Å². The Balaban J connectivity index is 0.00000576. The molecule has 0 fully saturated rings. The number of halogens is 1. The molecule has 1 aromatic carbocycles. The molecule has 0 saturated carbocycles. The van der Waals surface area contributed by atoms with E-state index in [9.17, 15) is 5.11 Å². The van der Waals surface area contributed by atoms with Gasteiger partial charge < -0.3 is 20.5 Å². The summed E-state index contributed by atoms with van der Waals surface area (Å²) in [6.07, 6.45) is 2.64. The van der Waals surface area contributed by atoms with E-state index in [0.29, 0.717) is 6.54 Å². The number of guanidine groups is 1. The zero-order valence-electron chi connectivity index (χ0n) is 15.8. The molecule has 1 unspecified atom stereocenters. The van der Waals surface area contributed by atoms with Crippen LogP contribution in [-0.4, -0.2) is 43.9 Å². The first-order valence-corrected chi connectivity index (χ1v) is 9.01. The summed E-state index contributed by atoms with van der Waals surface area (Å²) in [7, 11) is 0. The lowest BCUT2D eigenvalue weighted by Gasteiger charge is -2.13. The average molecular weight is 463 g/mol. The van der Waals surface area contributed by atoms with E-state index in [1.807, 2.05) is 38.1 Å². The highest BCUT2D eigenvalue weighted by Crippen LogP contribution is 2.13. The lowest BCUT2D eigenvalue weighted by molar-refractivity contribution is 0.129. The highest BCUT2D eigenvalue weighted by molar-refractivity contribution is 14.0. The Bertz CT molecular complexity index is 466. The monoisotopic (exact) mass is 463 g/mol. The molecule has 0 bridgehead atoms. The fourth-order valence-electron chi connectivity index (χ4n) is 2.14. The number of aliphatic hydroxyl groups excluding tert-OH is 1. The number of aliphatic hydroxyl groups is 1. The van der Waals surface area contributed by atoms with Crippen LogP contribution in [-0.2, 0) is 4.74 Å². The summed E-state index contributed by atoms with van der Waals surface area (Å²) in [6, 6.07) is 7.90. The number of hydrogen-bond acceptors (Lipinski definition) is 3. The molecular formula is C19H34IN3O2. The first-order valence-electron chi connectivity index (χ1n) is 9.01. The predicted octanol–water partition coefficient (Wildman–Crippen LogP) is 3.41. The maximum Gasteiger partial charge on any atom is 0.191 e. The summed E-state index contributed by atoms with van der Waals surface area (Å²) in [6.45, 7) is 9.76. The van der Waals surface area contributed by atoms with E-state index in [1.54, 1.807) is 0 Å². The molecule has 144 valence electrons. The van der Waals surface area contributed by atoms with Crippen molar-refractivity contribution in [1.82, 2.24) is 10.6 Å². The molecule has 1 rings (SSSR count). The fourth-order valence-corrected chi connectivity index (χ4v) is 2.14. The second-order valence-electron chi connectivity index (χ2n) is 5.89. The molecule has 3 N–H and O–H groups in total. The molecular weight excluding hydrogens is 429 g/mol. The zero-order chi connectivity index (χ0) is 17.6. The predicted molar refractivity (Wildman–Crippen MR) is 116 cm³/mol. The van der Waals surface area contributed by atoms with Gasteiger partial charge in [-0.3, -0.25) is 4.99 Å². The molecule has 0 heterocycles. The van der Waals surface area contributed by atoms with Gasteiger partial charge >= 0.3 is 0 Å². The van der Waals surface area contributed by atoms with E-state index in [1.165, 1.54) is 12.0 Å². The molecule has 1 atom stereocenters. The van der Waals surface area contributed by atoms with Crippen LogP contribution in [0.15, 0.2) is 29.3 Å². The quantitative estimate of drug-likeness (QED) is 0.204. The Morgan fingerprint density at radius 1 is 1.12 bits per heavy atom. The lowest BCUT2D eigenvalue weighted by Crippen LogP contribution is -2.38. The Hall–Kier alpha value is -0.860. The number of nitrogens with one attached hydrogen (secondary N) is 2. The van der Waals surface area contributed by atoms with Crippen LogP contribution >= 0.6 is 24.0 Å². The van der Waals surface area contributed by atoms with Crippen molar-refractivity contribution in [2.24, 2.45) is 4.99 Å². The first kappa shape index (κ1) is 24.1. The van der Waals surface area contributed by atoms with Crippen LogP contribution in [0.1, 0.15) is 50.3 Å².